The molecule has 0 radical (unpaired) electrons. The molecule has 3 aromatic rings. The van der Waals surface area contributed by atoms with Crippen molar-refractivity contribution in [2.45, 2.75) is 46.1 Å². The number of aromatic nitrogens is 2. The monoisotopic (exact) mass is 457 g/mol. The summed E-state index contributed by atoms with van der Waals surface area (Å²) in [5.41, 5.74) is 5.96. The second-order valence-electron chi connectivity index (χ2n) is 8.83. The Morgan fingerprint density at radius 3 is 2.71 bits per heavy atom. The van der Waals surface area contributed by atoms with Gasteiger partial charge in [0, 0.05) is 55.3 Å². The van der Waals surface area contributed by atoms with E-state index in [0.29, 0.717) is 19.7 Å². The lowest BCUT2D eigenvalue weighted by Crippen LogP contribution is -2.34. The Morgan fingerprint density at radius 2 is 1.97 bits per heavy atom. The van der Waals surface area contributed by atoms with Crippen LogP contribution in [0.2, 0.25) is 0 Å². The van der Waals surface area contributed by atoms with Crippen LogP contribution in [0.4, 0.5) is 0 Å². The van der Waals surface area contributed by atoms with Gasteiger partial charge in [0.1, 0.15) is 0 Å². The van der Waals surface area contributed by atoms with Crippen molar-refractivity contribution in [1.29, 1.82) is 0 Å². The number of carbonyl (C=O) groups excluding carboxylic acids is 2. The molecule has 34 heavy (non-hydrogen) atoms. The smallest absolute Gasteiger partial charge is 0.310 e. The molecule has 176 valence electrons. The minimum Gasteiger partial charge on any atom is -0.466 e. The molecule has 2 aromatic heterocycles. The average molecular weight is 458 g/mol. The molecule has 0 aliphatic heterocycles. The lowest BCUT2D eigenvalue weighted by molar-refractivity contribution is -0.142. The highest BCUT2D eigenvalue weighted by atomic mass is 16.5. The first-order valence-corrected chi connectivity index (χ1v) is 11.9. The van der Waals surface area contributed by atoms with E-state index >= 15 is 0 Å². The lowest BCUT2D eigenvalue weighted by Gasteiger charge is -2.24. The van der Waals surface area contributed by atoms with Crippen molar-refractivity contribution in [3.8, 4) is 11.1 Å². The molecule has 0 spiro atoms. The van der Waals surface area contributed by atoms with Gasteiger partial charge in [-0.3, -0.25) is 19.6 Å². The van der Waals surface area contributed by atoms with E-state index in [4.69, 9.17) is 4.74 Å². The largest absolute Gasteiger partial charge is 0.466 e. The molecule has 1 aromatic carbocycles. The SMILES string of the molecule is CCOC(=O)Cc1cncc(-c2ccc(C)cc2CN(CCc2ccccn2)C(=O)C2CC2)c1. The van der Waals surface area contributed by atoms with Gasteiger partial charge >= 0.3 is 5.97 Å². The molecule has 2 heterocycles. The van der Waals surface area contributed by atoms with Crippen molar-refractivity contribution in [3.63, 3.8) is 0 Å². The number of hydrogen-bond acceptors (Lipinski definition) is 5. The van der Waals surface area contributed by atoms with E-state index in [1.165, 1.54) is 0 Å². The van der Waals surface area contributed by atoms with Crippen LogP contribution in [0.15, 0.2) is 61.1 Å². The van der Waals surface area contributed by atoms with Crippen LogP contribution >= 0.6 is 0 Å². The second-order valence-corrected chi connectivity index (χ2v) is 8.83. The molecule has 1 amide bonds. The number of nitrogens with zero attached hydrogens (tertiary/aromatic N) is 3. The Morgan fingerprint density at radius 1 is 1.12 bits per heavy atom. The quantitative estimate of drug-likeness (QED) is 0.418. The predicted molar refractivity (Wildman–Crippen MR) is 131 cm³/mol. The van der Waals surface area contributed by atoms with Gasteiger partial charge in [-0.1, -0.05) is 29.8 Å². The van der Waals surface area contributed by atoms with Gasteiger partial charge in [-0.15, -0.1) is 0 Å². The van der Waals surface area contributed by atoms with Crippen LogP contribution in [0.25, 0.3) is 11.1 Å². The molecule has 1 fully saturated rings. The third kappa shape index (κ3) is 6.28. The normalized spacial score (nSPS) is 12.9. The van der Waals surface area contributed by atoms with Crippen molar-refractivity contribution >= 4 is 11.9 Å². The third-order valence-electron chi connectivity index (χ3n) is 5.98. The number of hydrogen-bond donors (Lipinski definition) is 0. The molecule has 0 atom stereocenters. The van der Waals surface area contributed by atoms with Crippen LogP contribution in [0.3, 0.4) is 0 Å². The Bertz CT molecular complexity index is 1140. The fourth-order valence-electron chi connectivity index (χ4n) is 4.10. The van der Waals surface area contributed by atoms with Crippen LogP contribution in [-0.4, -0.2) is 39.9 Å². The molecule has 0 N–H and O–H groups in total. The highest BCUT2D eigenvalue weighted by molar-refractivity contribution is 5.81. The first kappa shape index (κ1) is 23.6. The molecule has 4 rings (SSSR count). The summed E-state index contributed by atoms with van der Waals surface area (Å²) in [5, 5.41) is 0. The number of benzene rings is 1. The molecule has 1 aliphatic rings. The van der Waals surface area contributed by atoms with Gasteiger partial charge in [-0.25, -0.2) is 0 Å². The van der Waals surface area contributed by atoms with E-state index < -0.39 is 0 Å². The van der Waals surface area contributed by atoms with Gasteiger partial charge in [-0.05, 0) is 61.6 Å². The van der Waals surface area contributed by atoms with Gasteiger partial charge in [0.2, 0.25) is 5.91 Å². The Labute approximate surface area is 201 Å². The number of esters is 1. The van der Waals surface area contributed by atoms with Crippen molar-refractivity contribution < 1.29 is 14.3 Å². The molecule has 1 aliphatic carbocycles. The van der Waals surface area contributed by atoms with Crippen molar-refractivity contribution in [2.24, 2.45) is 5.92 Å². The van der Waals surface area contributed by atoms with E-state index in [1.54, 1.807) is 19.3 Å². The summed E-state index contributed by atoms with van der Waals surface area (Å²) < 4.78 is 5.09. The zero-order valence-electron chi connectivity index (χ0n) is 19.9. The lowest BCUT2D eigenvalue weighted by atomic mass is 9.97. The summed E-state index contributed by atoms with van der Waals surface area (Å²) in [6.07, 6.45) is 8.15. The number of pyridine rings is 2. The van der Waals surface area contributed by atoms with Gasteiger partial charge < -0.3 is 9.64 Å². The Balaban J connectivity index is 1.58. The molecule has 0 unspecified atom stereocenters. The van der Waals surface area contributed by atoms with Crippen LogP contribution in [-0.2, 0) is 33.7 Å². The summed E-state index contributed by atoms with van der Waals surface area (Å²) in [4.78, 5) is 35.9. The van der Waals surface area contributed by atoms with E-state index in [9.17, 15) is 9.59 Å². The van der Waals surface area contributed by atoms with Gasteiger partial charge in [0.15, 0.2) is 0 Å². The van der Waals surface area contributed by atoms with Crippen LogP contribution in [0, 0.1) is 12.8 Å². The molecule has 1 saturated carbocycles. The molecule has 6 nitrogen and oxygen atoms in total. The van der Waals surface area contributed by atoms with Crippen LogP contribution in [0.5, 0.6) is 0 Å². The number of ether oxygens (including phenoxy) is 1. The van der Waals surface area contributed by atoms with Crippen LogP contribution < -0.4 is 0 Å². The fraction of sp³-hybridized carbons (Fsp3) is 0.357. The maximum absolute atomic E-state index is 13.1. The maximum Gasteiger partial charge on any atom is 0.310 e. The zero-order chi connectivity index (χ0) is 23.9. The van der Waals surface area contributed by atoms with Crippen molar-refractivity contribution in [1.82, 2.24) is 14.9 Å². The first-order valence-electron chi connectivity index (χ1n) is 11.9. The van der Waals surface area contributed by atoms with Gasteiger partial charge in [0.05, 0.1) is 13.0 Å². The molecular weight excluding hydrogens is 426 g/mol. The van der Waals surface area contributed by atoms with Crippen molar-refractivity contribution in [3.05, 3.63) is 83.4 Å². The summed E-state index contributed by atoms with van der Waals surface area (Å²) in [6, 6.07) is 14.1. The summed E-state index contributed by atoms with van der Waals surface area (Å²) in [7, 11) is 0. The highest BCUT2D eigenvalue weighted by Crippen LogP contribution is 2.33. The Hall–Kier alpha value is -3.54. The number of amides is 1. The molecular formula is C28H31N3O3. The summed E-state index contributed by atoms with van der Waals surface area (Å²) in [6.45, 7) is 5.37. The minimum absolute atomic E-state index is 0.145. The topological polar surface area (TPSA) is 72.4 Å². The summed E-state index contributed by atoms with van der Waals surface area (Å²) in [5.74, 6) is 0.102. The predicted octanol–water partition coefficient (Wildman–Crippen LogP) is 4.54. The number of rotatable bonds is 10. The summed E-state index contributed by atoms with van der Waals surface area (Å²) >= 11 is 0. The van der Waals surface area contributed by atoms with E-state index in [-0.39, 0.29) is 24.2 Å². The molecule has 0 saturated heterocycles. The highest BCUT2D eigenvalue weighted by Gasteiger charge is 2.33. The van der Waals surface area contributed by atoms with E-state index in [0.717, 1.165) is 52.8 Å². The molecule has 6 heteroatoms. The number of aryl methyl sites for hydroxylation is 1. The zero-order valence-corrected chi connectivity index (χ0v) is 19.9. The maximum atomic E-state index is 13.1. The van der Waals surface area contributed by atoms with E-state index in [1.807, 2.05) is 35.4 Å². The second kappa shape index (κ2) is 11.1. The van der Waals surface area contributed by atoms with E-state index in [2.05, 4.69) is 35.1 Å². The first-order chi connectivity index (χ1) is 16.5. The average Bonchev–Trinajstić information content (AvgIpc) is 3.68. The Kier molecular flexibility index (Phi) is 7.68. The van der Waals surface area contributed by atoms with Gasteiger partial charge in [-0.2, -0.15) is 0 Å². The number of carbonyl (C=O) groups is 2. The van der Waals surface area contributed by atoms with Crippen LogP contribution in [0.1, 0.15) is 42.1 Å². The standard InChI is InChI=1S/C28H31N3O3/c1-3-34-27(32)16-21-15-23(18-29-17-21)26-10-7-20(2)14-24(26)19-31(28(33)22-8-9-22)13-11-25-6-4-5-12-30-25/h4-7,10,12,14-15,17-18,22H,3,8-9,11,13,16,19H2,1-2H3. The molecule has 0 bridgehead atoms. The minimum atomic E-state index is -0.263. The van der Waals surface area contributed by atoms with Gasteiger partial charge in [0.25, 0.3) is 0 Å². The fourth-order valence-corrected chi connectivity index (χ4v) is 4.10. The van der Waals surface area contributed by atoms with Crippen molar-refractivity contribution in [2.75, 3.05) is 13.2 Å². The third-order valence-corrected chi connectivity index (χ3v) is 5.98.